The zero-order valence-electron chi connectivity index (χ0n) is 13.1. The van der Waals surface area contributed by atoms with Crippen molar-refractivity contribution in [2.24, 2.45) is 5.92 Å². The first-order chi connectivity index (χ1) is 10.8. The normalized spacial score (nSPS) is 26.6. The number of hydrogen-bond donors (Lipinski definition) is 1. The molecule has 5 heteroatoms. The van der Waals surface area contributed by atoms with Crippen LogP contribution in [0.2, 0.25) is 0 Å². The van der Waals surface area contributed by atoms with Crippen molar-refractivity contribution in [2.75, 3.05) is 13.1 Å². The van der Waals surface area contributed by atoms with E-state index in [2.05, 4.69) is 15.6 Å². The van der Waals surface area contributed by atoms with E-state index >= 15 is 0 Å². The Morgan fingerprint density at radius 2 is 2.14 bits per heavy atom. The lowest BCUT2D eigenvalue weighted by atomic mass is 9.84. The van der Waals surface area contributed by atoms with Gasteiger partial charge in [0.2, 0.25) is 5.91 Å². The number of piperidine rings is 1. The fourth-order valence-corrected chi connectivity index (χ4v) is 4.43. The van der Waals surface area contributed by atoms with Gasteiger partial charge in [0.25, 0.3) is 0 Å². The summed E-state index contributed by atoms with van der Waals surface area (Å²) in [5.74, 6) is 1.35. The topological polar surface area (TPSA) is 45.2 Å². The average molecular weight is 319 g/mol. The van der Waals surface area contributed by atoms with E-state index in [0.29, 0.717) is 17.9 Å². The molecule has 4 nitrogen and oxygen atoms in total. The molecule has 1 aliphatic heterocycles. The van der Waals surface area contributed by atoms with Crippen molar-refractivity contribution in [3.05, 3.63) is 16.1 Å². The van der Waals surface area contributed by atoms with Gasteiger partial charge in [-0.3, -0.25) is 9.69 Å². The maximum absolute atomic E-state index is 12.1. The number of aromatic nitrogens is 1. The van der Waals surface area contributed by atoms with Crippen molar-refractivity contribution < 1.29 is 4.79 Å². The predicted molar refractivity (Wildman–Crippen MR) is 87.9 cm³/mol. The highest BCUT2D eigenvalue weighted by Crippen LogP contribution is 2.41. The first-order valence-electron chi connectivity index (χ1n) is 8.75. The summed E-state index contributed by atoms with van der Waals surface area (Å²) in [5, 5.41) is 6.83. The van der Waals surface area contributed by atoms with Gasteiger partial charge in [-0.05, 0) is 45.1 Å². The third-order valence-electron chi connectivity index (χ3n) is 5.21. The Balaban J connectivity index is 1.29. The van der Waals surface area contributed by atoms with Crippen molar-refractivity contribution in [2.45, 2.75) is 63.5 Å². The summed E-state index contributed by atoms with van der Waals surface area (Å²) in [6.45, 7) is 3.06. The van der Waals surface area contributed by atoms with Gasteiger partial charge >= 0.3 is 0 Å². The summed E-state index contributed by atoms with van der Waals surface area (Å²) in [6.07, 6.45) is 8.35. The summed E-state index contributed by atoms with van der Waals surface area (Å²) in [5.41, 5.74) is 1.22. The number of likely N-dealkylation sites (tertiary alicyclic amines) is 1. The molecular weight excluding hydrogens is 294 g/mol. The summed E-state index contributed by atoms with van der Waals surface area (Å²) in [4.78, 5) is 19.4. The van der Waals surface area contributed by atoms with Crippen molar-refractivity contribution in [1.82, 2.24) is 15.2 Å². The lowest BCUT2D eigenvalue weighted by Crippen LogP contribution is -2.49. The SMILES string of the molecule is O=C(NC1CCCN(Cc2csc(C3CC3)n2)C1)C1CCC1. The van der Waals surface area contributed by atoms with Crippen molar-refractivity contribution in [3.63, 3.8) is 0 Å². The highest BCUT2D eigenvalue weighted by Gasteiger charge is 2.29. The Hall–Kier alpha value is -0.940. The number of amides is 1. The van der Waals surface area contributed by atoms with Crippen LogP contribution in [0.5, 0.6) is 0 Å². The number of nitrogens with one attached hydrogen (secondary N) is 1. The van der Waals surface area contributed by atoms with E-state index in [4.69, 9.17) is 4.98 Å². The van der Waals surface area contributed by atoms with Crippen LogP contribution in [0.25, 0.3) is 0 Å². The molecule has 120 valence electrons. The Kier molecular flexibility index (Phi) is 4.18. The van der Waals surface area contributed by atoms with Crippen molar-refractivity contribution in [3.8, 4) is 0 Å². The van der Waals surface area contributed by atoms with Crippen LogP contribution in [0.4, 0.5) is 0 Å². The maximum atomic E-state index is 12.1. The standard InChI is InChI=1S/C17H25N3OS/c21-16(12-3-1-4-12)18-14-5-2-8-20(9-14)10-15-11-22-17(19-15)13-6-7-13/h11-14H,1-10H2,(H,18,21). The second-order valence-electron chi connectivity index (χ2n) is 7.16. The third-order valence-corrected chi connectivity index (χ3v) is 6.27. The van der Waals surface area contributed by atoms with E-state index in [0.717, 1.165) is 44.8 Å². The van der Waals surface area contributed by atoms with Gasteiger partial charge in [-0.15, -0.1) is 11.3 Å². The predicted octanol–water partition coefficient (Wildman–Crippen LogP) is 2.90. The van der Waals surface area contributed by atoms with Gasteiger partial charge in [-0.2, -0.15) is 0 Å². The van der Waals surface area contributed by atoms with Crippen LogP contribution in [0.3, 0.4) is 0 Å². The molecule has 4 rings (SSSR count). The fourth-order valence-electron chi connectivity index (χ4n) is 3.45. The first-order valence-corrected chi connectivity index (χ1v) is 9.63. The number of nitrogens with zero attached hydrogens (tertiary/aromatic N) is 2. The second kappa shape index (κ2) is 6.28. The minimum Gasteiger partial charge on any atom is -0.352 e. The zero-order chi connectivity index (χ0) is 14.9. The van der Waals surface area contributed by atoms with Gasteiger partial charge in [0.15, 0.2) is 0 Å². The van der Waals surface area contributed by atoms with Gasteiger partial charge in [-0.25, -0.2) is 4.98 Å². The Morgan fingerprint density at radius 3 is 2.86 bits per heavy atom. The number of thiazole rings is 1. The van der Waals surface area contributed by atoms with Crippen LogP contribution in [-0.2, 0) is 11.3 Å². The minimum atomic E-state index is 0.294. The number of carbonyl (C=O) groups is 1. The van der Waals surface area contributed by atoms with Crippen LogP contribution >= 0.6 is 11.3 Å². The van der Waals surface area contributed by atoms with E-state index in [-0.39, 0.29) is 0 Å². The molecule has 1 amide bonds. The van der Waals surface area contributed by atoms with E-state index in [1.54, 1.807) is 0 Å². The Bertz CT molecular complexity index is 536. The Labute approximate surface area is 136 Å². The Morgan fingerprint density at radius 1 is 1.27 bits per heavy atom. The van der Waals surface area contributed by atoms with Crippen LogP contribution < -0.4 is 5.32 Å². The van der Waals surface area contributed by atoms with E-state index in [1.165, 1.54) is 36.4 Å². The number of hydrogen-bond acceptors (Lipinski definition) is 4. The molecule has 1 aromatic rings. The highest BCUT2D eigenvalue weighted by atomic mass is 32.1. The monoisotopic (exact) mass is 319 g/mol. The molecule has 1 saturated heterocycles. The van der Waals surface area contributed by atoms with E-state index in [9.17, 15) is 4.79 Å². The molecule has 3 fully saturated rings. The summed E-state index contributed by atoms with van der Waals surface area (Å²) >= 11 is 1.83. The van der Waals surface area contributed by atoms with Crippen molar-refractivity contribution in [1.29, 1.82) is 0 Å². The molecule has 0 bridgehead atoms. The smallest absolute Gasteiger partial charge is 0.223 e. The van der Waals surface area contributed by atoms with Crippen LogP contribution in [0.1, 0.15) is 61.6 Å². The average Bonchev–Trinajstić information content (AvgIpc) is 3.18. The van der Waals surface area contributed by atoms with E-state index < -0.39 is 0 Å². The molecule has 1 aromatic heterocycles. The quantitative estimate of drug-likeness (QED) is 0.907. The van der Waals surface area contributed by atoms with Gasteiger partial charge in [0.05, 0.1) is 10.7 Å². The molecule has 0 aromatic carbocycles. The molecular formula is C17H25N3OS. The second-order valence-corrected chi connectivity index (χ2v) is 8.05. The molecule has 2 aliphatic carbocycles. The molecule has 1 N–H and O–H groups in total. The largest absolute Gasteiger partial charge is 0.352 e. The summed E-state index contributed by atoms with van der Waals surface area (Å²) in [7, 11) is 0. The number of rotatable bonds is 5. The lowest BCUT2D eigenvalue weighted by molar-refractivity contribution is -0.128. The maximum Gasteiger partial charge on any atom is 0.223 e. The molecule has 0 spiro atoms. The molecule has 3 aliphatic rings. The summed E-state index contributed by atoms with van der Waals surface area (Å²) < 4.78 is 0. The zero-order valence-corrected chi connectivity index (χ0v) is 13.9. The van der Waals surface area contributed by atoms with Crippen LogP contribution in [-0.4, -0.2) is 34.9 Å². The highest BCUT2D eigenvalue weighted by molar-refractivity contribution is 7.09. The molecule has 22 heavy (non-hydrogen) atoms. The van der Waals surface area contributed by atoms with Gasteiger partial charge < -0.3 is 5.32 Å². The fraction of sp³-hybridized carbons (Fsp3) is 0.765. The van der Waals surface area contributed by atoms with Crippen LogP contribution in [0, 0.1) is 5.92 Å². The van der Waals surface area contributed by atoms with Gasteiger partial charge in [0.1, 0.15) is 0 Å². The molecule has 1 atom stereocenters. The molecule has 2 saturated carbocycles. The molecule has 2 heterocycles. The third kappa shape index (κ3) is 3.35. The summed E-state index contributed by atoms with van der Waals surface area (Å²) in [6, 6.07) is 0.336. The number of carbonyl (C=O) groups excluding carboxylic acids is 1. The van der Waals surface area contributed by atoms with Gasteiger partial charge in [-0.1, -0.05) is 6.42 Å². The van der Waals surface area contributed by atoms with Crippen LogP contribution in [0.15, 0.2) is 5.38 Å². The van der Waals surface area contributed by atoms with Crippen molar-refractivity contribution >= 4 is 17.2 Å². The molecule has 0 radical (unpaired) electrons. The van der Waals surface area contributed by atoms with Gasteiger partial charge in [0, 0.05) is 36.3 Å². The first kappa shape index (κ1) is 14.6. The molecule has 1 unspecified atom stereocenters. The lowest BCUT2D eigenvalue weighted by Gasteiger charge is -2.34. The minimum absolute atomic E-state index is 0.294. The van der Waals surface area contributed by atoms with E-state index in [1.807, 2.05) is 11.3 Å².